The first-order valence-corrected chi connectivity index (χ1v) is 6.81. The first-order chi connectivity index (χ1) is 7.15. The molecule has 0 radical (unpaired) electrons. The Kier molecular flexibility index (Phi) is 4.77. The Labute approximate surface area is 151 Å². The van der Waals surface area contributed by atoms with Gasteiger partial charge < -0.3 is 29.6 Å². The van der Waals surface area contributed by atoms with Crippen molar-refractivity contribution >= 4 is 29.2 Å². The second-order valence-corrected chi connectivity index (χ2v) is 6.96. The topological polar surface area (TPSA) is 9.23 Å². The van der Waals surface area contributed by atoms with Gasteiger partial charge in [-0.15, -0.1) is 0 Å². The Balaban J connectivity index is 0.000000963. The van der Waals surface area contributed by atoms with Gasteiger partial charge in [0.05, 0.1) is 6.61 Å². The average Bonchev–Trinajstić information content (AvgIpc) is 2.12. The maximum atomic E-state index is 5.47. The van der Waals surface area contributed by atoms with Gasteiger partial charge in [0.25, 0.3) is 0 Å². The van der Waals surface area contributed by atoms with Gasteiger partial charge in [-0.1, -0.05) is 0 Å². The third-order valence-corrected chi connectivity index (χ3v) is 4.90. The van der Waals surface area contributed by atoms with Crippen molar-refractivity contribution in [2.75, 3.05) is 6.61 Å². The summed E-state index contributed by atoms with van der Waals surface area (Å²) >= 11 is 9.68. The summed E-state index contributed by atoms with van der Waals surface area (Å²) < 4.78 is 5.78. The van der Waals surface area contributed by atoms with E-state index >= 15 is 0 Å². The van der Waals surface area contributed by atoms with E-state index in [1.54, 1.807) is 0 Å². The van der Waals surface area contributed by atoms with Crippen LogP contribution in [0.2, 0.25) is 0 Å². The van der Waals surface area contributed by atoms with Gasteiger partial charge in [0.15, 0.2) is 0 Å². The number of hydrogen-bond acceptors (Lipinski definition) is 3. The van der Waals surface area contributed by atoms with E-state index in [9.17, 15) is 0 Å². The van der Waals surface area contributed by atoms with E-state index in [1.807, 2.05) is 0 Å². The molecular formula is C12H17KOS2. The fourth-order valence-corrected chi connectivity index (χ4v) is 4.80. The van der Waals surface area contributed by atoms with Crippen molar-refractivity contribution in [2.45, 2.75) is 38.5 Å². The van der Waals surface area contributed by atoms with Gasteiger partial charge in [-0.3, -0.25) is 0 Å². The summed E-state index contributed by atoms with van der Waals surface area (Å²) in [7, 11) is 0. The summed E-state index contributed by atoms with van der Waals surface area (Å²) in [6, 6.07) is 0. The minimum atomic E-state index is 0. The van der Waals surface area contributed by atoms with Crippen LogP contribution in [0.5, 0.6) is 0 Å². The number of hydrogen-bond donors (Lipinski definition) is 0. The monoisotopic (exact) mass is 280 g/mol. The van der Waals surface area contributed by atoms with Gasteiger partial charge in [0, 0.05) is 9.80 Å². The van der Waals surface area contributed by atoms with Crippen molar-refractivity contribution in [3.63, 3.8) is 0 Å². The van der Waals surface area contributed by atoms with Gasteiger partial charge in [0.2, 0.25) is 0 Å². The zero-order valence-electron chi connectivity index (χ0n) is 9.91. The minimum absolute atomic E-state index is 0. The fourth-order valence-electron chi connectivity index (χ4n) is 4.68. The van der Waals surface area contributed by atoms with Crippen LogP contribution in [0.3, 0.4) is 0 Å². The van der Waals surface area contributed by atoms with Crippen molar-refractivity contribution in [3.05, 3.63) is 0 Å². The molecule has 0 N–H and O–H groups in total. The zero-order chi connectivity index (χ0) is 10.5. The van der Waals surface area contributed by atoms with E-state index in [0.717, 1.165) is 24.4 Å². The van der Waals surface area contributed by atoms with E-state index < -0.39 is 0 Å². The van der Waals surface area contributed by atoms with Gasteiger partial charge in [-0.05, 0) is 56.3 Å². The molecule has 4 fully saturated rings. The van der Waals surface area contributed by atoms with Gasteiger partial charge >= 0.3 is 51.4 Å². The number of thiocarbonyl (C=S) groups is 1. The molecule has 0 spiro atoms. The predicted molar refractivity (Wildman–Crippen MR) is 66.5 cm³/mol. The molecule has 0 saturated heterocycles. The summed E-state index contributed by atoms with van der Waals surface area (Å²) in [5.74, 6) is 2.95. The van der Waals surface area contributed by atoms with Crippen LogP contribution in [0.15, 0.2) is 0 Å². The maximum Gasteiger partial charge on any atom is 1.00 e. The second-order valence-electron chi connectivity index (χ2n) is 5.96. The van der Waals surface area contributed by atoms with Crippen molar-refractivity contribution in [2.24, 2.45) is 23.2 Å². The molecule has 4 rings (SSSR count). The van der Waals surface area contributed by atoms with Crippen LogP contribution in [0.4, 0.5) is 0 Å². The molecule has 4 aliphatic rings. The summed E-state index contributed by atoms with van der Waals surface area (Å²) in [4.78, 5) is 0. The molecule has 4 saturated carbocycles. The maximum absolute atomic E-state index is 5.47. The van der Waals surface area contributed by atoms with Crippen molar-refractivity contribution in [1.82, 2.24) is 0 Å². The van der Waals surface area contributed by atoms with Gasteiger partial charge in [-0.2, -0.15) is 0 Å². The molecule has 0 unspecified atom stereocenters. The first kappa shape index (κ1) is 14.2. The van der Waals surface area contributed by atoms with Crippen molar-refractivity contribution in [1.29, 1.82) is 0 Å². The van der Waals surface area contributed by atoms with E-state index in [-0.39, 0.29) is 51.4 Å². The van der Waals surface area contributed by atoms with Crippen LogP contribution in [0.1, 0.15) is 38.5 Å². The van der Waals surface area contributed by atoms with E-state index in [2.05, 4.69) is 0 Å². The third kappa shape index (κ3) is 2.84. The van der Waals surface area contributed by atoms with E-state index in [4.69, 9.17) is 29.6 Å². The molecule has 4 bridgehead atoms. The zero-order valence-corrected chi connectivity index (χ0v) is 14.7. The first-order valence-electron chi connectivity index (χ1n) is 5.99. The summed E-state index contributed by atoms with van der Waals surface area (Å²) in [6.07, 6.45) is 8.57. The fraction of sp³-hybridized carbons (Fsp3) is 0.917. The quantitative estimate of drug-likeness (QED) is 0.402. The minimum Gasteiger partial charge on any atom is -0.513 e. The van der Waals surface area contributed by atoms with Crippen LogP contribution in [0.25, 0.3) is 0 Å². The molecule has 16 heavy (non-hydrogen) atoms. The Bertz CT molecular complexity index is 257. The molecule has 4 aliphatic carbocycles. The molecule has 1 nitrogen and oxygen atoms in total. The van der Waals surface area contributed by atoms with Crippen LogP contribution >= 0.6 is 12.2 Å². The largest absolute Gasteiger partial charge is 1.00 e. The van der Waals surface area contributed by atoms with Crippen LogP contribution < -0.4 is 51.4 Å². The Hall–Kier alpha value is 1.75. The SMILES string of the molecule is S=C([S-])OCC12CC3CC(CC(C3)C1)C2.[K+]. The van der Waals surface area contributed by atoms with Gasteiger partial charge in [0.1, 0.15) is 0 Å². The third-order valence-electron chi connectivity index (χ3n) is 4.66. The summed E-state index contributed by atoms with van der Waals surface area (Å²) in [5, 5.41) is 0. The Morgan fingerprint density at radius 3 is 1.94 bits per heavy atom. The molecule has 0 amide bonds. The van der Waals surface area contributed by atoms with Crippen LogP contribution in [-0.4, -0.2) is 11.0 Å². The number of ether oxygens (including phenoxy) is 1. The molecule has 0 aromatic heterocycles. The van der Waals surface area contributed by atoms with Crippen molar-refractivity contribution in [3.8, 4) is 0 Å². The predicted octanol–water partition coefficient (Wildman–Crippen LogP) is 0.0552. The molecule has 0 heterocycles. The van der Waals surface area contributed by atoms with E-state index in [0.29, 0.717) is 9.80 Å². The summed E-state index contributed by atoms with van der Waals surface area (Å²) in [6.45, 7) is 0.804. The number of rotatable bonds is 2. The summed E-state index contributed by atoms with van der Waals surface area (Å²) in [5.41, 5.74) is 0.456. The Morgan fingerprint density at radius 1 is 1.12 bits per heavy atom. The molecule has 0 aromatic carbocycles. The molecular weight excluding hydrogens is 263 g/mol. The van der Waals surface area contributed by atoms with Crippen LogP contribution in [-0.2, 0) is 17.4 Å². The molecule has 4 heteroatoms. The normalized spacial score (nSPS) is 43.9. The van der Waals surface area contributed by atoms with Crippen LogP contribution in [0, 0.1) is 23.2 Å². The van der Waals surface area contributed by atoms with Crippen molar-refractivity contribution < 1.29 is 56.1 Å². The Morgan fingerprint density at radius 2 is 1.56 bits per heavy atom. The second kappa shape index (κ2) is 5.39. The molecule has 0 aromatic rings. The van der Waals surface area contributed by atoms with Gasteiger partial charge in [-0.25, -0.2) is 0 Å². The van der Waals surface area contributed by atoms with E-state index in [1.165, 1.54) is 38.5 Å². The molecule has 0 atom stereocenters. The standard InChI is InChI=1S/C12H18OS2.K/c14-11(15)13-7-12-4-8-1-9(5-12)3-10(2-8)6-12;/h8-10H,1-7H2,(H,14,15);/q;+1/p-1. The average molecular weight is 280 g/mol. The smallest absolute Gasteiger partial charge is 0.513 e. The molecule has 0 aliphatic heterocycles. The molecule has 84 valence electrons.